The van der Waals surface area contributed by atoms with Crippen LogP contribution >= 0.6 is 0 Å². The predicted molar refractivity (Wildman–Crippen MR) is 96.6 cm³/mol. The number of aliphatic imine (C=N–C) groups is 1. The molecule has 0 amide bonds. The maximum Gasteiger partial charge on any atom is 0.188 e. The Bertz CT molecular complexity index is 460. The Kier molecular flexibility index (Phi) is 7.87. The molecule has 1 fully saturated rings. The molecule has 2 rings (SSSR count). The van der Waals surface area contributed by atoms with Crippen molar-refractivity contribution < 1.29 is 0 Å². The van der Waals surface area contributed by atoms with Crippen LogP contribution in [0.1, 0.15) is 44.7 Å². The summed E-state index contributed by atoms with van der Waals surface area (Å²) in [7, 11) is 0. The number of hydrogen-bond acceptors (Lipinski definition) is 3. The molecule has 0 bridgehead atoms. The molecule has 1 aromatic rings. The van der Waals surface area contributed by atoms with Crippen molar-refractivity contribution >= 4 is 5.96 Å². The number of guanidine groups is 1. The van der Waals surface area contributed by atoms with E-state index in [-0.39, 0.29) is 0 Å². The standard InChI is InChI=1S/C18H31N5/c1-16-8-3-6-14-23(16)15-7-5-12-21-18(19)22-13-10-17-9-2-4-11-20-17/h2,4,9,11,16H,3,5-8,10,12-15H2,1H3,(H3,19,21,22). The topological polar surface area (TPSA) is 66.5 Å². The first-order valence-corrected chi connectivity index (χ1v) is 8.93. The van der Waals surface area contributed by atoms with Gasteiger partial charge >= 0.3 is 0 Å². The van der Waals surface area contributed by atoms with Crippen LogP contribution < -0.4 is 11.1 Å². The molecule has 1 aliphatic rings. The first-order chi connectivity index (χ1) is 11.3. The Balaban J connectivity index is 1.52. The van der Waals surface area contributed by atoms with E-state index in [4.69, 9.17) is 5.73 Å². The first kappa shape index (κ1) is 17.7. The number of nitrogens with one attached hydrogen (secondary N) is 1. The number of nitrogens with zero attached hydrogens (tertiary/aromatic N) is 3. The van der Waals surface area contributed by atoms with Gasteiger partial charge in [0, 0.05) is 37.4 Å². The lowest BCUT2D eigenvalue weighted by Gasteiger charge is -2.33. The van der Waals surface area contributed by atoms with E-state index in [1.54, 1.807) is 0 Å². The number of piperidine rings is 1. The van der Waals surface area contributed by atoms with Gasteiger partial charge in [0.05, 0.1) is 0 Å². The first-order valence-electron chi connectivity index (χ1n) is 8.93. The number of unbranched alkanes of at least 4 members (excludes halogenated alkanes) is 1. The van der Waals surface area contributed by atoms with Gasteiger partial charge in [0.2, 0.25) is 0 Å². The average Bonchev–Trinajstić information content (AvgIpc) is 2.57. The molecule has 1 aromatic heterocycles. The third-order valence-electron chi connectivity index (χ3n) is 4.49. The highest BCUT2D eigenvalue weighted by atomic mass is 15.2. The summed E-state index contributed by atoms with van der Waals surface area (Å²) in [5.41, 5.74) is 6.97. The summed E-state index contributed by atoms with van der Waals surface area (Å²) in [6.45, 7) is 6.40. The SMILES string of the molecule is CC1CCCCN1CCCCN=C(N)NCCc1ccccn1. The van der Waals surface area contributed by atoms with Gasteiger partial charge in [-0.05, 0) is 57.8 Å². The molecule has 0 spiro atoms. The van der Waals surface area contributed by atoms with E-state index >= 15 is 0 Å². The molecule has 0 aliphatic carbocycles. The largest absolute Gasteiger partial charge is 0.370 e. The van der Waals surface area contributed by atoms with Gasteiger partial charge in [-0.15, -0.1) is 0 Å². The van der Waals surface area contributed by atoms with E-state index in [1.165, 1.54) is 38.8 Å². The van der Waals surface area contributed by atoms with Crippen LogP contribution in [0.15, 0.2) is 29.4 Å². The highest BCUT2D eigenvalue weighted by Crippen LogP contribution is 2.16. The minimum absolute atomic E-state index is 0.548. The number of rotatable bonds is 8. The minimum atomic E-state index is 0.548. The van der Waals surface area contributed by atoms with E-state index in [2.05, 4.69) is 27.1 Å². The Hall–Kier alpha value is -1.62. The van der Waals surface area contributed by atoms with Crippen LogP contribution in [0.25, 0.3) is 0 Å². The molecule has 5 nitrogen and oxygen atoms in total. The molecule has 128 valence electrons. The second kappa shape index (κ2) is 10.2. The Morgan fingerprint density at radius 1 is 1.39 bits per heavy atom. The molecule has 1 unspecified atom stereocenters. The van der Waals surface area contributed by atoms with Gasteiger partial charge < -0.3 is 16.0 Å². The molecule has 23 heavy (non-hydrogen) atoms. The van der Waals surface area contributed by atoms with Crippen molar-refractivity contribution in [1.29, 1.82) is 0 Å². The maximum atomic E-state index is 5.89. The fourth-order valence-electron chi connectivity index (χ4n) is 3.04. The summed E-state index contributed by atoms with van der Waals surface area (Å²) in [5, 5.41) is 3.16. The second-order valence-electron chi connectivity index (χ2n) is 6.35. The number of pyridine rings is 1. The van der Waals surface area contributed by atoms with E-state index in [0.717, 1.165) is 37.7 Å². The monoisotopic (exact) mass is 317 g/mol. The summed E-state index contributed by atoms with van der Waals surface area (Å²) in [5.74, 6) is 0.548. The fraction of sp³-hybridized carbons (Fsp3) is 0.667. The molecule has 1 aliphatic heterocycles. The van der Waals surface area contributed by atoms with Gasteiger partial charge in [-0.2, -0.15) is 0 Å². The Labute approximate surface area is 140 Å². The summed E-state index contributed by atoms with van der Waals surface area (Å²) >= 11 is 0. The van der Waals surface area contributed by atoms with Gasteiger partial charge in [-0.1, -0.05) is 12.5 Å². The Morgan fingerprint density at radius 3 is 3.09 bits per heavy atom. The molecule has 0 saturated carbocycles. The lowest BCUT2D eigenvalue weighted by atomic mass is 10.0. The third-order valence-corrected chi connectivity index (χ3v) is 4.49. The zero-order valence-electron chi connectivity index (χ0n) is 14.4. The zero-order valence-corrected chi connectivity index (χ0v) is 14.4. The molecule has 1 atom stereocenters. The normalized spacial score (nSPS) is 19.7. The van der Waals surface area contributed by atoms with Gasteiger partial charge in [0.15, 0.2) is 5.96 Å². The molecule has 0 aromatic carbocycles. The van der Waals surface area contributed by atoms with Crippen LogP contribution in [0.4, 0.5) is 0 Å². The fourth-order valence-corrected chi connectivity index (χ4v) is 3.04. The number of likely N-dealkylation sites (tertiary alicyclic amines) is 1. The van der Waals surface area contributed by atoms with Crippen LogP contribution in [-0.2, 0) is 6.42 Å². The van der Waals surface area contributed by atoms with Gasteiger partial charge in [-0.25, -0.2) is 0 Å². The summed E-state index contributed by atoms with van der Waals surface area (Å²) in [6, 6.07) is 6.71. The number of hydrogen-bond donors (Lipinski definition) is 2. The van der Waals surface area contributed by atoms with Crippen molar-refractivity contribution in [3.8, 4) is 0 Å². The lowest BCUT2D eigenvalue weighted by molar-refractivity contribution is 0.158. The number of nitrogens with two attached hydrogens (primary N) is 1. The molecule has 2 heterocycles. The Morgan fingerprint density at radius 2 is 2.30 bits per heavy atom. The van der Waals surface area contributed by atoms with Crippen LogP contribution in [0.3, 0.4) is 0 Å². The molecule has 1 saturated heterocycles. The molecule has 0 radical (unpaired) electrons. The van der Waals surface area contributed by atoms with Gasteiger partial charge in [-0.3, -0.25) is 9.98 Å². The van der Waals surface area contributed by atoms with Crippen LogP contribution in [-0.4, -0.2) is 48.1 Å². The van der Waals surface area contributed by atoms with Crippen LogP contribution in [0, 0.1) is 0 Å². The van der Waals surface area contributed by atoms with Crippen molar-refractivity contribution in [2.75, 3.05) is 26.2 Å². The minimum Gasteiger partial charge on any atom is -0.370 e. The maximum absolute atomic E-state index is 5.89. The molecule has 5 heteroatoms. The van der Waals surface area contributed by atoms with E-state index < -0.39 is 0 Å². The van der Waals surface area contributed by atoms with Crippen molar-refractivity contribution in [1.82, 2.24) is 15.2 Å². The quantitative estimate of drug-likeness (QED) is 0.438. The highest BCUT2D eigenvalue weighted by Gasteiger charge is 2.16. The molecular formula is C18H31N5. The summed E-state index contributed by atoms with van der Waals surface area (Å²) in [4.78, 5) is 11.3. The third kappa shape index (κ3) is 6.99. The van der Waals surface area contributed by atoms with Crippen LogP contribution in [0.5, 0.6) is 0 Å². The van der Waals surface area contributed by atoms with Gasteiger partial charge in [0.25, 0.3) is 0 Å². The van der Waals surface area contributed by atoms with Crippen molar-refractivity contribution in [3.63, 3.8) is 0 Å². The van der Waals surface area contributed by atoms with Crippen molar-refractivity contribution in [3.05, 3.63) is 30.1 Å². The predicted octanol–water partition coefficient (Wildman–Crippen LogP) is 2.18. The molecule has 3 N–H and O–H groups in total. The molecular weight excluding hydrogens is 286 g/mol. The average molecular weight is 317 g/mol. The van der Waals surface area contributed by atoms with Crippen molar-refractivity contribution in [2.45, 2.75) is 51.5 Å². The highest BCUT2D eigenvalue weighted by molar-refractivity contribution is 5.77. The van der Waals surface area contributed by atoms with Crippen LogP contribution in [0.2, 0.25) is 0 Å². The van der Waals surface area contributed by atoms with Gasteiger partial charge in [0.1, 0.15) is 0 Å². The van der Waals surface area contributed by atoms with Crippen molar-refractivity contribution in [2.24, 2.45) is 10.7 Å². The number of aromatic nitrogens is 1. The van der Waals surface area contributed by atoms with E-state index in [0.29, 0.717) is 5.96 Å². The lowest BCUT2D eigenvalue weighted by Crippen LogP contribution is -2.38. The zero-order chi connectivity index (χ0) is 16.3. The van der Waals surface area contributed by atoms with E-state index in [9.17, 15) is 0 Å². The summed E-state index contributed by atoms with van der Waals surface area (Å²) < 4.78 is 0. The smallest absolute Gasteiger partial charge is 0.188 e. The second-order valence-corrected chi connectivity index (χ2v) is 6.35. The summed E-state index contributed by atoms with van der Waals surface area (Å²) in [6.07, 6.45) is 9.09. The van der Waals surface area contributed by atoms with E-state index in [1.807, 2.05) is 24.4 Å².